The van der Waals surface area contributed by atoms with Gasteiger partial charge in [0.05, 0.1) is 10.3 Å². The molecule has 26 heavy (non-hydrogen) atoms. The molecule has 2 amide bonds. The Labute approximate surface area is 153 Å². The van der Waals surface area contributed by atoms with Gasteiger partial charge in [0.2, 0.25) is 0 Å². The van der Waals surface area contributed by atoms with E-state index in [9.17, 15) is 14.4 Å². The molecule has 0 saturated heterocycles. The molecule has 2 aromatic heterocycles. The van der Waals surface area contributed by atoms with E-state index in [4.69, 9.17) is 0 Å². The first-order valence-corrected chi connectivity index (χ1v) is 9.14. The van der Waals surface area contributed by atoms with E-state index < -0.39 is 11.8 Å². The van der Waals surface area contributed by atoms with Crippen molar-refractivity contribution in [3.05, 3.63) is 62.7 Å². The van der Waals surface area contributed by atoms with Crippen LogP contribution in [0.1, 0.15) is 39.9 Å². The molecule has 2 heterocycles. The number of hydrogen-bond acceptors (Lipinski definition) is 5. The second kappa shape index (κ2) is 7.92. The fourth-order valence-electron chi connectivity index (χ4n) is 2.50. The number of fused-ring (bicyclic) bond motifs is 1. The fraction of sp³-hybridized carbons (Fsp3) is 0.222. The van der Waals surface area contributed by atoms with E-state index in [1.165, 1.54) is 16.0 Å². The first-order chi connectivity index (χ1) is 12.6. The summed E-state index contributed by atoms with van der Waals surface area (Å²) in [5, 5.41) is 6.87. The van der Waals surface area contributed by atoms with E-state index in [0.29, 0.717) is 22.2 Å². The third kappa shape index (κ3) is 3.65. The highest BCUT2D eigenvalue weighted by Crippen LogP contribution is 2.13. The lowest BCUT2D eigenvalue weighted by molar-refractivity contribution is 0.0845. The number of rotatable bonds is 5. The maximum Gasteiger partial charge on any atom is 0.290 e. The van der Waals surface area contributed by atoms with Gasteiger partial charge in [0.1, 0.15) is 0 Å². The Balaban J connectivity index is 1.90. The summed E-state index contributed by atoms with van der Waals surface area (Å²) >= 11 is 1.27. The van der Waals surface area contributed by atoms with Gasteiger partial charge in [0, 0.05) is 11.9 Å². The van der Waals surface area contributed by atoms with Crippen LogP contribution >= 0.6 is 11.3 Å². The van der Waals surface area contributed by atoms with E-state index in [-0.39, 0.29) is 11.3 Å². The third-order valence-corrected chi connectivity index (χ3v) is 4.71. The Hall–Kier alpha value is -3.00. The van der Waals surface area contributed by atoms with Crippen LogP contribution in [-0.2, 0) is 6.54 Å². The Kier molecular flexibility index (Phi) is 5.43. The van der Waals surface area contributed by atoms with E-state index in [2.05, 4.69) is 16.0 Å². The summed E-state index contributed by atoms with van der Waals surface area (Å²) in [4.78, 5) is 37.6. The molecule has 0 aliphatic heterocycles. The molecule has 0 saturated carbocycles. The summed E-state index contributed by atoms with van der Waals surface area (Å²) < 4.78 is 1.31. The molecule has 0 unspecified atom stereocenters. The molecule has 0 atom stereocenters. The van der Waals surface area contributed by atoms with Gasteiger partial charge in [-0.3, -0.25) is 25.2 Å². The normalized spacial score (nSPS) is 10.7. The smallest absolute Gasteiger partial charge is 0.267 e. The molecule has 0 spiro atoms. The van der Waals surface area contributed by atoms with Crippen LogP contribution in [0.25, 0.3) is 10.8 Å². The van der Waals surface area contributed by atoms with Crippen molar-refractivity contribution in [1.82, 2.24) is 20.6 Å². The summed E-state index contributed by atoms with van der Waals surface area (Å²) in [6, 6.07) is 10.2. The zero-order chi connectivity index (χ0) is 18.5. The number of hydrazine groups is 1. The molecule has 2 N–H and O–H groups in total. The average molecular weight is 370 g/mol. The minimum atomic E-state index is -0.573. The van der Waals surface area contributed by atoms with Crippen LogP contribution in [0, 0.1) is 0 Å². The molecular formula is C18H18N4O3S. The summed E-state index contributed by atoms with van der Waals surface area (Å²) in [6.07, 6.45) is 1.68. The van der Waals surface area contributed by atoms with E-state index in [0.717, 1.165) is 12.8 Å². The Morgan fingerprint density at radius 3 is 2.50 bits per heavy atom. The summed E-state index contributed by atoms with van der Waals surface area (Å²) in [6.45, 7) is 2.45. The summed E-state index contributed by atoms with van der Waals surface area (Å²) in [5.41, 5.74) is 4.61. The lowest BCUT2D eigenvalue weighted by atomic mass is 10.1. The van der Waals surface area contributed by atoms with E-state index in [1.807, 2.05) is 6.92 Å². The number of aromatic nitrogens is 2. The zero-order valence-electron chi connectivity index (χ0n) is 14.2. The molecule has 0 bridgehead atoms. The second-order valence-corrected chi connectivity index (χ2v) is 6.61. The van der Waals surface area contributed by atoms with Crippen LogP contribution in [-0.4, -0.2) is 21.6 Å². The van der Waals surface area contributed by atoms with Crippen LogP contribution in [0.4, 0.5) is 0 Å². The quantitative estimate of drug-likeness (QED) is 0.674. The van der Waals surface area contributed by atoms with Gasteiger partial charge in [-0.25, -0.2) is 4.68 Å². The van der Waals surface area contributed by atoms with Crippen LogP contribution in [0.2, 0.25) is 0 Å². The van der Waals surface area contributed by atoms with Crippen molar-refractivity contribution < 1.29 is 9.59 Å². The molecule has 134 valence electrons. The largest absolute Gasteiger partial charge is 0.290 e. The molecular weight excluding hydrogens is 352 g/mol. The van der Waals surface area contributed by atoms with Gasteiger partial charge in [0.15, 0.2) is 5.69 Å². The Bertz CT molecular complexity index is 995. The number of hydrogen-bond donors (Lipinski definition) is 2. The number of carbonyl (C=O) groups excluding carboxylic acids is 2. The highest BCUT2D eigenvalue weighted by molar-refractivity contribution is 7.12. The monoisotopic (exact) mass is 370 g/mol. The number of carbonyl (C=O) groups is 2. The lowest BCUT2D eigenvalue weighted by Crippen LogP contribution is -2.42. The standard InChI is InChI=1S/C18H18N4O3S/c1-2-3-10-22-18(25)13-8-5-4-7-12(13)15(21-22)17(24)20-19-16(23)14-9-6-11-26-14/h4-9,11H,2-3,10H2,1H3,(H,19,23)(H,20,24). The SMILES string of the molecule is CCCCn1nc(C(=O)NNC(=O)c2cccs2)c2ccccc2c1=O. The van der Waals surface area contributed by atoms with Gasteiger partial charge in [-0.05, 0) is 23.9 Å². The maximum absolute atomic E-state index is 12.6. The minimum Gasteiger partial charge on any atom is -0.267 e. The Morgan fingerprint density at radius 1 is 1.08 bits per heavy atom. The van der Waals surface area contributed by atoms with Crippen molar-refractivity contribution in [1.29, 1.82) is 0 Å². The van der Waals surface area contributed by atoms with Gasteiger partial charge in [-0.15, -0.1) is 11.3 Å². The van der Waals surface area contributed by atoms with Gasteiger partial charge < -0.3 is 0 Å². The van der Waals surface area contributed by atoms with Crippen LogP contribution in [0.3, 0.4) is 0 Å². The fourth-order valence-corrected chi connectivity index (χ4v) is 3.12. The number of aryl methyl sites for hydroxylation is 1. The number of unbranched alkanes of at least 4 members (excludes halogenated alkanes) is 1. The first-order valence-electron chi connectivity index (χ1n) is 8.26. The Morgan fingerprint density at radius 2 is 1.81 bits per heavy atom. The minimum absolute atomic E-state index is 0.0998. The highest BCUT2D eigenvalue weighted by atomic mass is 32.1. The molecule has 3 rings (SSSR count). The third-order valence-electron chi connectivity index (χ3n) is 3.84. The first kappa shape index (κ1) is 17.8. The predicted octanol–water partition coefficient (Wildman–Crippen LogP) is 2.33. The summed E-state index contributed by atoms with van der Waals surface area (Å²) in [7, 11) is 0. The van der Waals surface area contributed by atoms with E-state index >= 15 is 0 Å². The molecule has 0 aliphatic rings. The number of benzene rings is 1. The second-order valence-electron chi connectivity index (χ2n) is 5.66. The molecule has 7 nitrogen and oxygen atoms in total. The van der Waals surface area contributed by atoms with Gasteiger partial charge >= 0.3 is 0 Å². The van der Waals surface area contributed by atoms with Gasteiger partial charge in [-0.2, -0.15) is 5.10 Å². The topological polar surface area (TPSA) is 93.1 Å². The van der Waals surface area contributed by atoms with Crippen LogP contribution in [0.15, 0.2) is 46.6 Å². The van der Waals surface area contributed by atoms with Gasteiger partial charge in [-0.1, -0.05) is 37.6 Å². The van der Waals surface area contributed by atoms with Crippen molar-refractivity contribution >= 4 is 33.9 Å². The molecule has 0 radical (unpaired) electrons. The van der Waals surface area contributed by atoms with Gasteiger partial charge in [0.25, 0.3) is 17.4 Å². The number of nitrogens with zero attached hydrogens (tertiary/aromatic N) is 2. The molecule has 8 heteroatoms. The van der Waals surface area contributed by atoms with Crippen molar-refractivity contribution in [3.63, 3.8) is 0 Å². The van der Waals surface area contributed by atoms with E-state index in [1.54, 1.807) is 41.8 Å². The lowest BCUT2D eigenvalue weighted by Gasteiger charge is -2.11. The average Bonchev–Trinajstić information content (AvgIpc) is 3.20. The summed E-state index contributed by atoms with van der Waals surface area (Å²) in [5.74, 6) is -0.978. The number of nitrogens with one attached hydrogen (secondary N) is 2. The highest BCUT2D eigenvalue weighted by Gasteiger charge is 2.17. The molecule has 3 aromatic rings. The van der Waals surface area contributed by atoms with Crippen molar-refractivity contribution in [3.8, 4) is 0 Å². The molecule has 1 aromatic carbocycles. The van der Waals surface area contributed by atoms with Crippen molar-refractivity contribution in [2.45, 2.75) is 26.3 Å². The predicted molar refractivity (Wildman–Crippen MR) is 100 cm³/mol. The van der Waals surface area contributed by atoms with Crippen LogP contribution < -0.4 is 16.4 Å². The van der Waals surface area contributed by atoms with Crippen molar-refractivity contribution in [2.75, 3.05) is 0 Å². The number of amides is 2. The van der Waals surface area contributed by atoms with Crippen molar-refractivity contribution in [2.24, 2.45) is 0 Å². The molecule has 0 fully saturated rings. The number of thiophene rings is 1. The molecule has 0 aliphatic carbocycles. The van der Waals surface area contributed by atoms with Crippen LogP contribution in [0.5, 0.6) is 0 Å². The zero-order valence-corrected chi connectivity index (χ0v) is 15.0. The maximum atomic E-state index is 12.6.